The first-order chi connectivity index (χ1) is 13.3. The van der Waals surface area contributed by atoms with Crippen molar-refractivity contribution >= 4 is 27.7 Å². The highest BCUT2D eigenvalue weighted by atomic mass is 32.2. The van der Waals surface area contributed by atoms with Gasteiger partial charge >= 0.3 is 0 Å². The van der Waals surface area contributed by atoms with Crippen molar-refractivity contribution in [2.24, 2.45) is 0 Å². The summed E-state index contributed by atoms with van der Waals surface area (Å²) in [6, 6.07) is 10.1. The fourth-order valence-corrected chi connectivity index (χ4v) is 4.10. The molecule has 28 heavy (non-hydrogen) atoms. The molecule has 0 aromatic heterocycles. The molecule has 0 unspecified atom stereocenters. The van der Waals surface area contributed by atoms with Crippen molar-refractivity contribution in [3.8, 4) is 5.75 Å². The van der Waals surface area contributed by atoms with Gasteiger partial charge in [-0.25, -0.2) is 12.8 Å². The summed E-state index contributed by atoms with van der Waals surface area (Å²) in [5, 5.41) is 2.61. The lowest BCUT2D eigenvalue weighted by Gasteiger charge is -2.19. The van der Waals surface area contributed by atoms with E-state index in [1.165, 1.54) is 60.0 Å². The Morgan fingerprint density at radius 2 is 1.89 bits per heavy atom. The minimum atomic E-state index is -3.68. The van der Waals surface area contributed by atoms with Crippen LogP contribution in [0, 0.1) is 5.82 Å². The lowest BCUT2D eigenvalue weighted by Crippen LogP contribution is -2.30. The summed E-state index contributed by atoms with van der Waals surface area (Å²) < 4.78 is 45.1. The van der Waals surface area contributed by atoms with Crippen molar-refractivity contribution in [3.05, 3.63) is 59.9 Å². The van der Waals surface area contributed by atoms with Crippen molar-refractivity contribution in [1.29, 1.82) is 0 Å². The first-order valence-corrected chi connectivity index (χ1v) is 10.2. The summed E-state index contributed by atoms with van der Waals surface area (Å²) in [7, 11) is -2.25. The number of sulfonamides is 1. The number of amides is 1. The van der Waals surface area contributed by atoms with Crippen molar-refractivity contribution in [1.82, 2.24) is 4.31 Å². The predicted octanol–water partition coefficient (Wildman–Crippen LogP) is 3.52. The molecule has 6 nitrogen and oxygen atoms in total. The zero-order chi connectivity index (χ0) is 20.7. The fourth-order valence-electron chi connectivity index (χ4n) is 2.61. The number of halogens is 1. The fraction of sp³-hybridized carbons (Fsp3) is 0.250. The third-order valence-electron chi connectivity index (χ3n) is 4.05. The van der Waals surface area contributed by atoms with Gasteiger partial charge in [0.25, 0.3) is 0 Å². The number of benzene rings is 2. The summed E-state index contributed by atoms with van der Waals surface area (Å²) in [5.41, 5.74) is 0.754. The molecule has 0 saturated heterocycles. The summed E-state index contributed by atoms with van der Waals surface area (Å²) >= 11 is 0. The number of carbonyl (C=O) groups is 1. The number of ether oxygens (including phenoxy) is 1. The Balaban J connectivity index is 2.28. The Morgan fingerprint density at radius 3 is 2.50 bits per heavy atom. The maximum Gasteiger partial charge on any atom is 0.248 e. The molecule has 2 aromatic rings. The first-order valence-electron chi connectivity index (χ1n) is 8.74. The third-order valence-corrected chi connectivity index (χ3v) is 6.09. The average molecular weight is 406 g/mol. The molecule has 150 valence electrons. The number of anilines is 1. The smallest absolute Gasteiger partial charge is 0.248 e. The zero-order valence-electron chi connectivity index (χ0n) is 16.0. The van der Waals surface area contributed by atoms with Crippen LogP contribution in [0.4, 0.5) is 10.1 Å². The van der Waals surface area contributed by atoms with E-state index in [9.17, 15) is 17.6 Å². The second kappa shape index (κ2) is 9.48. The Morgan fingerprint density at radius 1 is 1.18 bits per heavy atom. The van der Waals surface area contributed by atoms with Gasteiger partial charge in [0.05, 0.1) is 17.7 Å². The number of hydrogen-bond acceptors (Lipinski definition) is 4. The molecule has 0 aliphatic heterocycles. The van der Waals surface area contributed by atoms with Gasteiger partial charge in [0.2, 0.25) is 15.9 Å². The van der Waals surface area contributed by atoms with E-state index in [1.807, 2.05) is 0 Å². The molecule has 0 atom stereocenters. The number of hydrogen-bond donors (Lipinski definition) is 1. The summed E-state index contributed by atoms with van der Waals surface area (Å²) in [6.45, 7) is 4.18. The average Bonchev–Trinajstić information content (AvgIpc) is 2.67. The minimum absolute atomic E-state index is 0.0569. The van der Waals surface area contributed by atoms with Gasteiger partial charge in [0, 0.05) is 19.2 Å². The van der Waals surface area contributed by atoms with Crippen LogP contribution in [0.3, 0.4) is 0 Å². The number of rotatable bonds is 8. The summed E-state index contributed by atoms with van der Waals surface area (Å²) in [6.07, 6.45) is 2.70. The van der Waals surface area contributed by atoms with Crippen LogP contribution >= 0.6 is 0 Å². The Kier molecular flexibility index (Phi) is 7.31. The maximum absolute atomic E-state index is 13.2. The van der Waals surface area contributed by atoms with Crippen LogP contribution < -0.4 is 10.1 Å². The number of carbonyl (C=O) groups excluding carboxylic acids is 1. The van der Waals surface area contributed by atoms with Crippen LogP contribution in [0.5, 0.6) is 5.75 Å². The number of nitrogens with zero attached hydrogens (tertiary/aromatic N) is 1. The van der Waals surface area contributed by atoms with E-state index in [0.29, 0.717) is 24.4 Å². The van der Waals surface area contributed by atoms with Crippen LogP contribution in [0.1, 0.15) is 19.4 Å². The van der Waals surface area contributed by atoms with Crippen molar-refractivity contribution in [2.45, 2.75) is 18.7 Å². The van der Waals surface area contributed by atoms with E-state index >= 15 is 0 Å². The van der Waals surface area contributed by atoms with E-state index in [2.05, 4.69) is 5.32 Å². The van der Waals surface area contributed by atoms with Crippen molar-refractivity contribution < 1.29 is 22.3 Å². The second-order valence-electron chi connectivity index (χ2n) is 5.83. The molecule has 1 amide bonds. The molecule has 0 aliphatic rings. The van der Waals surface area contributed by atoms with Gasteiger partial charge < -0.3 is 10.1 Å². The first kappa shape index (κ1) is 21.6. The highest BCUT2D eigenvalue weighted by Gasteiger charge is 2.23. The highest BCUT2D eigenvalue weighted by Crippen LogP contribution is 2.29. The second-order valence-corrected chi connectivity index (χ2v) is 7.77. The Bertz CT molecular complexity index is 970. The number of methoxy groups -OCH3 is 1. The Hall–Kier alpha value is -2.71. The van der Waals surface area contributed by atoms with Gasteiger partial charge in [-0.05, 0) is 42.0 Å². The van der Waals surface area contributed by atoms with E-state index in [-0.39, 0.29) is 10.6 Å². The molecule has 0 aliphatic carbocycles. The lowest BCUT2D eigenvalue weighted by molar-refractivity contribution is -0.111. The Labute approximate surface area is 164 Å². The normalized spacial score (nSPS) is 11.8. The van der Waals surface area contributed by atoms with Crippen LogP contribution in [0.15, 0.2) is 53.4 Å². The van der Waals surface area contributed by atoms with Crippen molar-refractivity contribution in [2.75, 3.05) is 25.5 Å². The van der Waals surface area contributed by atoms with E-state index < -0.39 is 21.7 Å². The van der Waals surface area contributed by atoms with Gasteiger partial charge in [-0.1, -0.05) is 26.0 Å². The van der Waals surface area contributed by atoms with Gasteiger partial charge in [0.1, 0.15) is 11.6 Å². The van der Waals surface area contributed by atoms with Gasteiger partial charge in [-0.15, -0.1) is 0 Å². The largest absolute Gasteiger partial charge is 0.495 e. The number of nitrogens with one attached hydrogen (secondary N) is 1. The van der Waals surface area contributed by atoms with E-state index in [4.69, 9.17) is 4.74 Å². The molecule has 0 bridgehead atoms. The monoisotopic (exact) mass is 406 g/mol. The minimum Gasteiger partial charge on any atom is -0.495 e. The highest BCUT2D eigenvalue weighted by molar-refractivity contribution is 7.89. The van der Waals surface area contributed by atoms with Crippen molar-refractivity contribution in [3.63, 3.8) is 0 Å². The zero-order valence-corrected chi connectivity index (χ0v) is 16.8. The standard InChI is InChI=1S/C20H23FN2O4S/c1-4-23(5-2)28(25,26)17-10-11-19(27-3)18(14-17)22-20(24)12-9-15-7-6-8-16(21)13-15/h6-14H,4-5H2,1-3H3,(H,22,24). The topological polar surface area (TPSA) is 75.7 Å². The van der Waals surface area contributed by atoms with Gasteiger partial charge in [0.15, 0.2) is 0 Å². The maximum atomic E-state index is 13.2. The molecule has 0 spiro atoms. The molecule has 0 heterocycles. The van der Waals surface area contributed by atoms with Gasteiger partial charge in [-0.3, -0.25) is 4.79 Å². The van der Waals surface area contributed by atoms with Crippen LogP contribution in [0.25, 0.3) is 6.08 Å². The predicted molar refractivity (Wildman–Crippen MR) is 107 cm³/mol. The molecular weight excluding hydrogens is 383 g/mol. The molecule has 2 rings (SSSR count). The molecular formula is C20H23FN2O4S. The molecule has 0 radical (unpaired) electrons. The van der Waals surface area contributed by atoms with Gasteiger partial charge in [-0.2, -0.15) is 4.31 Å². The SMILES string of the molecule is CCN(CC)S(=O)(=O)c1ccc(OC)c(NC(=O)C=Cc2cccc(F)c2)c1. The third kappa shape index (κ3) is 5.17. The molecule has 8 heteroatoms. The van der Waals surface area contributed by atoms with Crippen LogP contribution in [-0.2, 0) is 14.8 Å². The lowest BCUT2D eigenvalue weighted by atomic mass is 10.2. The summed E-state index contributed by atoms with van der Waals surface area (Å²) in [4.78, 5) is 12.3. The van der Waals surface area contributed by atoms with Crippen LogP contribution in [0.2, 0.25) is 0 Å². The van der Waals surface area contributed by atoms with Crippen LogP contribution in [-0.4, -0.2) is 38.8 Å². The quantitative estimate of drug-likeness (QED) is 0.681. The molecule has 0 saturated carbocycles. The molecule has 0 fully saturated rings. The molecule has 1 N–H and O–H groups in total. The summed E-state index contributed by atoms with van der Waals surface area (Å²) in [5.74, 6) is -0.579. The van der Waals surface area contributed by atoms with E-state index in [0.717, 1.165) is 0 Å². The van der Waals surface area contributed by atoms with E-state index in [1.54, 1.807) is 19.9 Å². The molecule has 2 aromatic carbocycles.